The van der Waals surface area contributed by atoms with Crippen molar-refractivity contribution in [1.82, 2.24) is 14.9 Å². The Morgan fingerprint density at radius 3 is 2.76 bits per heavy atom. The highest BCUT2D eigenvalue weighted by atomic mass is 35.5. The number of nitrogens with zero attached hydrogens (tertiary/aromatic N) is 2. The van der Waals surface area contributed by atoms with Crippen LogP contribution in [0.2, 0.25) is 5.15 Å². The summed E-state index contributed by atoms with van der Waals surface area (Å²) in [5.41, 5.74) is 0. The molecule has 17 heavy (non-hydrogen) atoms. The summed E-state index contributed by atoms with van der Waals surface area (Å²) in [5.74, 6) is 1.84. The lowest BCUT2D eigenvalue weighted by atomic mass is 9.84. The van der Waals surface area contributed by atoms with Crippen LogP contribution < -0.4 is 5.32 Å². The average molecular weight is 256 g/mol. The average Bonchev–Trinajstić information content (AvgIpc) is 2.68. The van der Waals surface area contributed by atoms with Crippen molar-refractivity contribution in [2.24, 2.45) is 13.0 Å². The first-order chi connectivity index (χ1) is 8.18. The highest BCUT2D eigenvalue weighted by molar-refractivity contribution is 6.29. The molecule has 1 aromatic heterocycles. The van der Waals surface area contributed by atoms with E-state index in [1.165, 1.54) is 32.1 Å². The molecule has 3 nitrogen and oxygen atoms in total. The first kappa shape index (κ1) is 12.9. The van der Waals surface area contributed by atoms with E-state index in [0.29, 0.717) is 11.2 Å². The number of imidazole rings is 1. The summed E-state index contributed by atoms with van der Waals surface area (Å²) in [5, 5.41) is 4.28. The topological polar surface area (TPSA) is 29.9 Å². The van der Waals surface area contributed by atoms with Gasteiger partial charge in [-0.3, -0.25) is 0 Å². The van der Waals surface area contributed by atoms with Crippen molar-refractivity contribution in [1.29, 1.82) is 0 Å². The van der Waals surface area contributed by atoms with Gasteiger partial charge >= 0.3 is 0 Å². The number of rotatable bonds is 4. The van der Waals surface area contributed by atoms with Crippen molar-refractivity contribution >= 4 is 11.6 Å². The smallest absolute Gasteiger partial charge is 0.128 e. The van der Waals surface area contributed by atoms with Crippen molar-refractivity contribution in [3.8, 4) is 0 Å². The minimum Gasteiger partial charge on any atom is -0.321 e. The van der Waals surface area contributed by atoms with Crippen molar-refractivity contribution in [3.63, 3.8) is 0 Å². The van der Waals surface area contributed by atoms with Crippen molar-refractivity contribution in [3.05, 3.63) is 17.2 Å². The molecule has 1 heterocycles. The number of hydrogen-bond donors (Lipinski definition) is 1. The minimum absolute atomic E-state index is 0.575. The van der Waals surface area contributed by atoms with Gasteiger partial charge in [0.25, 0.3) is 0 Å². The maximum absolute atomic E-state index is 5.97. The molecule has 1 atom stereocenters. The largest absolute Gasteiger partial charge is 0.321 e. The molecule has 96 valence electrons. The van der Waals surface area contributed by atoms with E-state index in [4.69, 9.17) is 11.6 Å². The molecule has 1 N–H and O–H groups in total. The van der Waals surface area contributed by atoms with Crippen LogP contribution in [-0.2, 0) is 13.6 Å². The second-order valence-corrected chi connectivity index (χ2v) is 5.51. The number of halogens is 1. The molecule has 4 heteroatoms. The first-order valence-corrected chi connectivity index (χ1v) is 6.95. The lowest BCUT2D eigenvalue weighted by Gasteiger charge is -2.28. The Morgan fingerprint density at radius 2 is 2.18 bits per heavy atom. The van der Waals surface area contributed by atoms with Gasteiger partial charge in [-0.15, -0.1) is 0 Å². The molecule has 1 aromatic rings. The van der Waals surface area contributed by atoms with Gasteiger partial charge in [0.2, 0.25) is 0 Å². The Bertz CT molecular complexity index is 356. The van der Waals surface area contributed by atoms with Crippen LogP contribution in [0.4, 0.5) is 0 Å². The van der Waals surface area contributed by atoms with E-state index in [2.05, 4.69) is 17.2 Å². The fourth-order valence-corrected chi connectivity index (χ4v) is 2.79. The van der Waals surface area contributed by atoms with Crippen LogP contribution in [-0.4, -0.2) is 15.6 Å². The Labute approximate surface area is 109 Å². The lowest BCUT2D eigenvalue weighted by Crippen LogP contribution is -2.34. The Morgan fingerprint density at radius 1 is 1.47 bits per heavy atom. The SMILES string of the molecule is C[C@@H](NCc1ncc(Cl)n1C)C1CCCCC1. The van der Waals surface area contributed by atoms with Crippen LogP contribution in [0.3, 0.4) is 0 Å². The van der Waals surface area contributed by atoms with Crippen LogP contribution in [0.15, 0.2) is 6.20 Å². The van der Waals surface area contributed by atoms with Crippen LogP contribution in [0.25, 0.3) is 0 Å². The third-order valence-corrected chi connectivity index (χ3v) is 4.32. The molecule has 0 radical (unpaired) electrons. The van der Waals surface area contributed by atoms with Gasteiger partial charge in [-0.1, -0.05) is 30.9 Å². The van der Waals surface area contributed by atoms with E-state index >= 15 is 0 Å². The van der Waals surface area contributed by atoms with Gasteiger partial charge in [0.1, 0.15) is 11.0 Å². The Kier molecular flexibility index (Phi) is 4.46. The van der Waals surface area contributed by atoms with Crippen LogP contribution in [0.1, 0.15) is 44.9 Å². The normalized spacial score (nSPS) is 19.5. The third kappa shape index (κ3) is 3.23. The molecule has 0 unspecified atom stereocenters. The lowest BCUT2D eigenvalue weighted by molar-refractivity contribution is 0.279. The number of hydrogen-bond acceptors (Lipinski definition) is 2. The summed E-state index contributed by atoms with van der Waals surface area (Å²) in [6, 6.07) is 0.575. The molecular weight excluding hydrogens is 234 g/mol. The standard InChI is InChI=1S/C13H22ClN3/c1-10(11-6-4-3-5-7-11)15-9-13-16-8-12(14)17(13)2/h8,10-11,15H,3-7,9H2,1-2H3/t10-/m1/s1. The summed E-state index contributed by atoms with van der Waals surface area (Å²) in [6.07, 6.45) is 8.66. The third-order valence-electron chi connectivity index (χ3n) is 3.97. The van der Waals surface area contributed by atoms with Crippen LogP contribution in [0.5, 0.6) is 0 Å². The first-order valence-electron chi connectivity index (χ1n) is 6.58. The van der Waals surface area contributed by atoms with E-state index in [-0.39, 0.29) is 0 Å². The fraction of sp³-hybridized carbons (Fsp3) is 0.769. The summed E-state index contributed by atoms with van der Waals surface area (Å²) in [6.45, 7) is 3.10. The molecule has 0 spiro atoms. The van der Waals surface area contributed by atoms with E-state index in [1.807, 2.05) is 11.6 Å². The highest BCUT2D eigenvalue weighted by Crippen LogP contribution is 2.26. The molecule has 1 fully saturated rings. The molecule has 0 saturated heterocycles. The van der Waals surface area contributed by atoms with Crippen molar-refractivity contribution in [2.75, 3.05) is 0 Å². The Balaban J connectivity index is 1.83. The Hall–Kier alpha value is -0.540. The van der Waals surface area contributed by atoms with Gasteiger partial charge in [0.15, 0.2) is 0 Å². The summed E-state index contributed by atoms with van der Waals surface area (Å²) >= 11 is 5.97. The predicted octanol–water partition coefficient (Wildman–Crippen LogP) is 3.13. The molecular formula is C13H22ClN3. The molecule has 0 aliphatic heterocycles. The van der Waals surface area contributed by atoms with E-state index < -0.39 is 0 Å². The molecule has 1 saturated carbocycles. The van der Waals surface area contributed by atoms with Gasteiger partial charge in [-0.25, -0.2) is 4.98 Å². The molecule has 1 aliphatic rings. The fourth-order valence-electron chi connectivity index (χ4n) is 2.64. The molecule has 0 bridgehead atoms. The monoisotopic (exact) mass is 255 g/mol. The van der Waals surface area contributed by atoms with Crippen LogP contribution >= 0.6 is 11.6 Å². The second kappa shape index (κ2) is 5.87. The van der Waals surface area contributed by atoms with Crippen molar-refractivity contribution < 1.29 is 0 Å². The number of nitrogens with one attached hydrogen (secondary N) is 1. The summed E-state index contributed by atoms with van der Waals surface area (Å²) in [7, 11) is 1.96. The summed E-state index contributed by atoms with van der Waals surface area (Å²) < 4.78 is 1.93. The van der Waals surface area contributed by atoms with Gasteiger partial charge < -0.3 is 9.88 Å². The van der Waals surface area contributed by atoms with Gasteiger partial charge in [-0.2, -0.15) is 0 Å². The van der Waals surface area contributed by atoms with Gasteiger partial charge in [-0.05, 0) is 25.7 Å². The zero-order valence-electron chi connectivity index (χ0n) is 10.7. The zero-order valence-corrected chi connectivity index (χ0v) is 11.5. The maximum atomic E-state index is 5.97. The quantitative estimate of drug-likeness (QED) is 0.896. The van der Waals surface area contributed by atoms with Crippen molar-refractivity contribution in [2.45, 2.75) is 51.6 Å². The van der Waals surface area contributed by atoms with Gasteiger partial charge in [0, 0.05) is 13.1 Å². The maximum Gasteiger partial charge on any atom is 0.128 e. The van der Waals surface area contributed by atoms with Gasteiger partial charge in [0.05, 0.1) is 12.7 Å². The van der Waals surface area contributed by atoms with E-state index in [9.17, 15) is 0 Å². The predicted molar refractivity (Wildman–Crippen MR) is 71.1 cm³/mol. The molecule has 1 aliphatic carbocycles. The number of aromatic nitrogens is 2. The summed E-state index contributed by atoms with van der Waals surface area (Å²) in [4.78, 5) is 4.30. The van der Waals surface area contributed by atoms with Crippen LogP contribution in [0, 0.1) is 5.92 Å². The van der Waals surface area contributed by atoms with E-state index in [1.54, 1.807) is 6.20 Å². The molecule has 0 aromatic carbocycles. The second-order valence-electron chi connectivity index (χ2n) is 5.12. The highest BCUT2D eigenvalue weighted by Gasteiger charge is 2.19. The minimum atomic E-state index is 0.575. The molecule has 0 amide bonds. The molecule has 2 rings (SSSR count). The van der Waals surface area contributed by atoms with E-state index in [0.717, 1.165) is 18.3 Å². The zero-order chi connectivity index (χ0) is 12.3.